The van der Waals surface area contributed by atoms with Gasteiger partial charge >= 0.3 is 0 Å². The summed E-state index contributed by atoms with van der Waals surface area (Å²) in [7, 11) is 1.88. The van der Waals surface area contributed by atoms with Crippen LogP contribution in [0.3, 0.4) is 0 Å². The number of nitrogens with one attached hydrogen (secondary N) is 1. The van der Waals surface area contributed by atoms with Crippen molar-refractivity contribution in [2.75, 3.05) is 0 Å². The Labute approximate surface area is 138 Å². The number of hydrogen-bond acceptors (Lipinski definition) is 2. The molecule has 1 aromatic rings. The molecule has 0 aliphatic heterocycles. The summed E-state index contributed by atoms with van der Waals surface area (Å²) < 4.78 is 1.75. The Kier molecular flexibility index (Phi) is 3.58. The number of carbonyl (C=O) groups is 1. The van der Waals surface area contributed by atoms with Gasteiger partial charge in [0.1, 0.15) is 0 Å². The molecule has 4 aliphatic carbocycles. The molecule has 1 heterocycles. The van der Waals surface area contributed by atoms with Crippen molar-refractivity contribution < 1.29 is 4.79 Å². The van der Waals surface area contributed by atoms with Crippen molar-refractivity contribution in [1.82, 2.24) is 15.1 Å². The summed E-state index contributed by atoms with van der Waals surface area (Å²) in [5.41, 5.74) is 1.33. The lowest BCUT2D eigenvalue weighted by Gasteiger charge is -2.59. The van der Waals surface area contributed by atoms with Gasteiger partial charge in [0.2, 0.25) is 5.91 Å². The normalized spacial score (nSPS) is 36.5. The molecule has 1 aromatic heterocycles. The van der Waals surface area contributed by atoms with Gasteiger partial charge in [0.15, 0.2) is 0 Å². The molecule has 1 unspecified atom stereocenters. The molecule has 4 aliphatic rings. The van der Waals surface area contributed by atoms with Crippen LogP contribution in [0.25, 0.3) is 6.08 Å². The minimum atomic E-state index is 0.0251. The predicted molar refractivity (Wildman–Crippen MR) is 90.5 cm³/mol. The SMILES string of the molecule is CC(NC(=O)C=Cc1cnn(C)c1)C12CC3CC(CC(C3)C1)C2. The summed E-state index contributed by atoms with van der Waals surface area (Å²) in [4.78, 5) is 12.3. The first-order valence-electron chi connectivity index (χ1n) is 9.00. The molecule has 0 spiro atoms. The fraction of sp³-hybridized carbons (Fsp3) is 0.684. The molecule has 4 heteroatoms. The number of carbonyl (C=O) groups excluding carboxylic acids is 1. The van der Waals surface area contributed by atoms with E-state index in [1.165, 1.54) is 38.5 Å². The van der Waals surface area contributed by atoms with Gasteiger partial charge in [0.05, 0.1) is 6.20 Å². The van der Waals surface area contributed by atoms with Crippen LogP contribution in [0.4, 0.5) is 0 Å². The molecule has 0 saturated heterocycles. The first-order valence-corrected chi connectivity index (χ1v) is 9.00. The van der Waals surface area contributed by atoms with E-state index in [0.29, 0.717) is 5.41 Å². The molecule has 0 aromatic carbocycles. The Morgan fingerprint density at radius 2 is 1.91 bits per heavy atom. The first kappa shape index (κ1) is 15.0. The topological polar surface area (TPSA) is 46.9 Å². The third-order valence-electron chi connectivity index (χ3n) is 6.51. The van der Waals surface area contributed by atoms with Crippen LogP contribution in [0, 0.1) is 23.2 Å². The van der Waals surface area contributed by atoms with Crippen molar-refractivity contribution in [3.8, 4) is 0 Å². The highest BCUT2D eigenvalue weighted by Crippen LogP contribution is 2.61. The van der Waals surface area contributed by atoms with Crippen molar-refractivity contribution in [2.45, 2.75) is 51.5 Å². The van der Waals surface area contributed by atoms with E-state index in [-0.39, 0.29) is 11.9 Å². The molecule has 23 heavy (non-hydrogen) atoms. The van der Waals surface area contributed by atoms with Gasteiger partial charge in [-0.05, 0) is 74.7 Å². The molecule has 4 saturated carbocycles. The minimum Gasteiger partial charge on any atom is -0.350 e. The standard InChI is InChI=1S/C19H27N3O/c1-13(21-18(23)4-3-14-11-20-22(2)12-14)19-8-15-5-16(9-19)7-17(6-15)10-19/h3-4,11-13,15-17H,5-10H2,1-2H3,(H,21,23). The summed E-state index contributed by atoms with van der Waals surface area (Å²) in [5.74, 6) is 2.79. The molecular weight excluding hydrogens is 286 g/mol. The first-order chi connectivity index (χ1) is 11.0. The lowest BCUT2D eigenvalue weighted by Crippen LogP contribution is -2.55. The van der Waals surface area contributed by atoms with Crippen molar-refractivity contribution in [1.29, 1.82) is 0 Å². The second kappa shape index (κ2) is 5.50. The van der Waals surface area contributed by atoms with E-state index in [9.17, 15) is 4.79 Å². The third kappa shape index (κ3) is 2.84. The third-order valence-corrected chi connectivity index (χ3v) is 6.51. The molecule has 5 rings (SSSR count). The number of nitrogens with zero attached hydrogens (tertiary/aromatic N) is 2. The number of aromatic nitrogens is 2. The van der Waals surface area contributed by atoms with E-state index in [4.69, 9.17) is 0 Å². The van der Waals surface area contributed by atoms with Gasteiger partial charge in [-0.2, -0.15) is 5.10 Å². The fourth-order valence-corrected chi connectivity index (χ4v) is 5.82. The molecule has 0 radical (unpaired) electrons. The highest BCUT2D eigenvalue weighted by molar-refractivity contribution is 5.91. The summed E-state index contributed by atoms with van der Waals surface area (Å²) in [6, 6.07) is 0.280. The largest absolute Gasteiger partial charge is 0.350 e. The Balaban J connectivity index is 1.40. The zero-order valence-corrected chi connectivity index (χ0v) is 14.2. The quantitative estimate of drug-likeness (QED) is 0.868. The van der Waals surface area contributed by atoms with Crippen molar-refractivity contribution >= 4 is 12.0 Å². The fourth-order valence-electron chi connectivity index (χ4n) is 5.82. The van der Waals surface area contributed by atoms with E-state index < -0.39 is 0 Å². The van der Waals surface area contributed by atoms with Crippen LogP contribution in [0.1, 0.15) is 51.0 Å². The van der Waals surface area contributed by atoms with Crippen LogP contribution in [-0.4, -0.2) is 21.7 Å². The van der Waals surface area contributed by atoms with E-state index >= 15 is 0 Å². The van der Waals surface area contributed by atoms with Gasteiger partial charge in [-0.25, -0.2) is 0 Å². The highest BCUT2D eigenvalue weighted by atomic mass is 16.1. The number of rotatable bonds is 4. The zero-order chi connectivity index (χ0) is 16.0. The summed E-state index contributed by atoms with van der Waals surface area (Å²) >= 11 is 0. The van der Waals surface area contributed by atoms with Crippen molar-refractivity contribution in [3.63, 3.8) is 0 Å². The summed E-state index contributed by atoms with van der Waals surface area (Å²) in [6.45, 7) is 2.23. The van der Waals surface area contributed by atoms with Crippen molar-refractivity contribution in [2.24, 2.45) is 30.2 Å². The Morgan fingerprint density at radius 3 is 2.43 bits per heavy atom. The number of amides is 1. The van der Waals surface area contributed by atoms with Gasteiger partial charge in [0, 0.05) is 30.9 Å². The second-order valence-electron chi connectivity index (χ2n) is 8.29. The average Bonchev–Trinajstić information content (AvgIpc) is 2.89. The molecule has 124 valence electrons. The zero-order valence-electron chi connectivity index (χ0n) is 14.2. The Morgan fingerprint density at radius 1 is 1.30 bits per heavy atom. The minimum absolute atomic E-state index is 0.0251. The molecule has 4 bridgehead atoms. The summed E-state index contributed by atoms with van der Waals surface area (Å²) in [6.07, 6.45) is 15.5. The molecule has 1 amide bonds. The van der Waals surface area contributed by atoms with Crippen molar-refractivity contribution in [3.05, 3.63) is 24.0 Å². The maximum absolute atomic E-state index is 12.3. The highest BCUT2D eigenvalue weighted by Gasteiger charge is 2.53. The molecule has 1 N–H and O–H groups in total. The molecule has 4 nitrogen and oxygen atoms in total. The van der Waals surface area contributed by atoms with Gasteiger partial charge in [-0.3, -0.25) is 9.48 Å². The van der Waals surface area contributed by atoms with Gasteiger partial charge < -0.3 is 5.32 Å². The lowest BCUT2D eigenvalue weighted by atomic mass is 9.48. The van der Waals surface area contributed by atoms with E-state index in [1.54, 1.807) is 17.0 Å². The van der Waals surface area contributed by atoms with Crippen LogP contribution in [-0.2, 0) is 11.8 Å². The Hall–Kier alpha value is -1.58. The maximum Gasteiger partial charge on any atom is 0.244 e. The molecule has 1 atom stereocenters. The molecule has 4 fully saturated rings. The van der Waals surface area contributed by atoms with Crippen LogP contribution >= 0.6 is 0 Å². The smallest absolute Gasteiger partial charge is 0.244 e. The number of hydrogen-bond donors (Lipinski definition) is 1. The predicted octanol–water partition coefficient (Wildman–Crippen LogP) is 3.15. The lowest BCUT2D eigenvalue weighted by molar-refractivity contribution is -0.121. The maximum atomic E-state index is 12.3. The van der Waals surface area contributed by atoms with Crippen LogP contribution < -0.4 is 5.32 Å². The average molecular weight is 313 g/mol. The monoisotopic (exact) mass is 313 g/mol. The van der Waals surface area contributed by atoms with Crippen LogP contribution in [0.15, 0.2) is 18.5 Å². The van der Waals surface area contributed by atoms with E-state index in [2.05, 4.69) is 17.3 Å². The number of aryl methyl sites for hydroxylation is 1. The van der Waals surface area contributed by atoms with E-state index in [0.717, 1.165) is 23.3 Å². The van der Waals surface area contributed by atoms with Crippen LogP contribution in [0.5, 0.6) is 0 Å². The van der Waals surface area contributed by atoms with Gasteiger partial charge in [-0.15, -0.1) is 0 Å². The molecular formula is C19H27N3O. The van der Waals surface area contributed by atoms with Gasteiger partial charge in [0.25, 0.3) is 0 Å². The van der Waals surface area contributed by atoms with Crippen LogP contribution in [0.2, 0.25) is 0 Å². The second-order valence-corrected chi connectivity index (χ2v) is 8.29. The van der Waals surface area contributed by atoms with Gasteiger partial charge in [-0.1, -0.05) is 0 Å². The van der Waals surface area contributed by atoms with E-state index in [1.807, 2.05) is 19.3 Å². The summed E-state index contributed by atoms with van der Waals surface area (Å²) in [5, 5.41) is 7.38. The Bertz CT molecular complexity index is 595.